The highest BCUT2D eigenvalue weighted by atomic mass is 16.4. The molecule has 0 aliphatic heterocycles. The zero-order valence-electron chi connectivity index (χ0n) is 18.4. The molecular formula is C24H29N5O4. The number of nitrogens with one attached hydrogen (secondary N) is 2. The normalized spacial score (nSPS) is 18.2. The second-order valence-electron chi connectivity index (χ2n) is 8.57. The Balaban J connectivity index is 1.45. The Morgan fingerprint density at radius 1 is 1.06 bits per heavy atom. The summed E-state index contributed by atoms with van der Waals surface area (Å²) in [6, 6.07) is 9.38. The van der Waals surface area contributed by atoms with Crippen LogP contribution >= 0.6 is 0 Å². The molecule has 2 amide bonds. The van der Waals surface area contributed by atoms with Crippen molar-refractivity contribution in [2.75, 3.05) is 19.7 Å². The van der Waals surface area contributed by atoms with Gasteiger partial charge < -0.3 is 20.8 Å². The van der Waals surface area contributed by atoms with Gasteiger partial charge in [0.25, 0.3) is 5.91 Å². The standard InChI is InChI=1S/C24H29N5O4/c30-10-9-29-15-18(14-27-29)22-11-20(19-3-1-2-4-21(19)28-22)23(31)25-12-16-5-7-17(8-6-16)13-26-24(32)33/h1-4,11,14-17,26,30H,5-10,12-13H2,(H,25,31)(H,32,33). The molecule has 0 radical (unpaired) electrons. The smallest absolute Gasteiger partial charge is 0.404 e. The number of carbonyl (C=O) groups excluding carboxylic acids is 1. The third-order valence-electron chi connectivity index (χ3n) is 6.28. The minimum atomic E-state index is -0.978. The average Bonchev–Trinajstić information content (AvgIpc) is 3.30. The number of rotatable bonds is 8. The number of aliphatic hydroxyl groups is 1. The lowest BCUT2D eigenvalue weighted by molar-refractivity contribution is 0.0942. The van der Waals surface area contributed by atoms with Gasteiger partial charge in [-0.1, -0.05) is 18.2 Å². The highest BCUT2D eigenvalue weighted by molar-refractivity contribution is 6.07. The van der Waals surface area contributed by atoms with Crippen molar-refractivity contribution in [1.29, 1.82) is 0 Å². The molecule has 174 valence electrons. The van der Waals surface area contributed by atoms with Crippen molar-refractivity contribution in [2.45, 2.75) is 32.2 Å². The summed E-state index contributed by atoms with van der Waals surface area (Å²) in [5.74, 6) is 0.623. The van der Waals surface area contributed by atoms with Crippen LogP contribution in [0.5, 0.6) is 0 Å². The summed E-state index contributed by atoms with van der Waals surface area (Å²) in [5.41, 5.74) is 2.76. The molecule has 1 aliphatic rings. The number of fused-ring (bicyclic) bond motifs is 1. The van der Waals surface area contributed by atoms with Crippen LogP contribution in [-0.2, 0) is 6.54 Å². The third-order valence-corrected chi connectivity index (χ3v) is 6.28. The van der Waals surface area contributed by atoms with Crippen molar-refractivity contribution < 1.29 is 19.8 Å². The van der Waals surface area contributed by atoms with Crippen molar-refractivity contribution in [3.05, 3.63) is 48.3 Å². The molecule has 4 rings (SSSR count). The monoisotopic (exact) mass is 451 g/mol. The Bertz CT molecular complexity index is 1120. The molecule has 1 fully saturated rings. The van der Waals surface area contributed by atoms with Crippen LogP contribution in [0.2, 0.25) is 0 Å². The van der Waals surface area contributed by atoms with E-state index in [4.69, 9.17) is 15.2 Å². The molecule has 2 aromatic heterocycles. The number of benzene rings is 1. The van der Waals surface area contributed by atoms with Crippen molar-refractivity contribution in [3.63, 3.8) is 0 Å². The number of carboxylic acid groups (broad SMARTS) is 1. The number of aliphatic hydroxyl groups excluding tert-OH is 1. The highest BCUT2D eigenvalue weighted by Crippen LogP contribution is 2.28. The molecule has 0 atom stereocenters. The number of para-hydroxylation sites is 1. The van der Waals surface area contributed by atoms with Crippen LogP contribution in [0.3, 0.4) is 0 Å². The van der Waals surface area contributed by atoms with Crippen LogP contribution in [-0.4, -0.2) is 56.7 Å². The van der Waals surface area contributed by atoms with E-state index >= 15 is 0 Å². The number of nitrogens with zero attached hydrogens (tertiary/aromatic N) is 3. The van der Waals surface area contributed by atoms with Gasteiger partial charge in [0.1, 0.15) is 0 Å². The minimum Gasteiger partial charge on any atom is -0.465 e. The van der Waals surface area contributed by atoms with E-state index in [1.807, 2.05) is 30.5 Å². The molecule has 3 aromatic rings. The predicted molar refractivity (Wildman–Crippen MR) is 124 cm³/mol. The summed E-state index contributed by atoms with van der Waals surface area (Å²) in [6.45, 7) is 1.49. The molecule has 1 aromatic carbocycles. The molecule has 0 saturated heterocycles. The Labute approximate surface area is 191 Å². The van der Waals surface area contributed by atoms with E-state index < -0.39 is 6.09 Å². The van der Waals surface area contributed by atoms with Crippen molar-refractivity contribution >= 4 is 22.9 Å². The number of pyridine rings is 1. The molecule has 4 N–H and O–H groups in total. The lowest BCUT2D eigenvalue weighted by Gasteiger charge is -2.28. The van der Waals surface area contributed by atoms with Gasteiger partial charge in [-0.2, -0.15) is 5.10 Å². The minimum absolute atomic E-state index is 0.00207. The quantitative estimate of drug-likeness (QED) is 0.417. The SMILES string of the molecule is O=C(O)NCC1CCC(CNC(=O)c2cc(-c3cnn(CCO)c3)nc3ccccc23)CC1. The fraction of sp³-hybridized carbons (Fsp3) is 0.417. The number of hydrogen-bond donors (Lipinski definition) is 4. The Kier molecular flexibility index (Phi) is 7.19. The van der Waals surface area contributed by atoms with Crippen LogP contribution < -0.4 is 10.6 Å². The van der Waals surface area contributed by atoms with Crippen LogP contribution in [0, 0.1) is 11.8 Å². The number of aromatic nitrogens is 3. The second kappa shape index (κ2) is 10.4. The molecule has 9 heteroatoms. The molecule has 0 spiro atoms. The van der Waals surface area contributed by atoms with Gasteiger partial charge in [-0.05, 0) is 49.7 Å². The Morgan fingerprint density at radius 3 is 2.45 bits per heavy atom. The van der Waals surface area contributed by atoms with E-state index in [1.54, 1.807) is 16.9 Å². The molecule has 1 saturated carbocycles. The van der Waals surface area contributed by atoms with Gasteiger partial charge in [-0.25, -0.2) is 9.78 Å². The first-order valence-corrected chi connectivity index (χ1v) is 11.3. The predicted octanol–water partition coefficient (Wildman–Crippen LogP) is 2.89. The van der Waals surface area contributed by atoms with Crippen LogP contribution in [0.1, 0.15) is 36.0 Å². The maximum Gasteiger partial charge on any atom is 0.404 e. The van der Waals surface area contributed by atoms with E-state index in [-0.39, 0.29) is 12.5 Å². The fourth-order valence-corrected chi connectivity index (χ4v) is 4.44. The summed E-state index contributed by atoms with van der Waals surface area (Å²) in [5, 5.41) is 28.5. The van der Waals surface area contributed by atoms with Gasteiger partial charge in [-0.3, -0.25) is 9.48 Å². The summed E-state index contributed by atoms with van der Waals surface area (Å²) in [7, 11) is 0. The van der Waals surface area contributed by atoms with Crippen LogP contribution in [0.25, 0.3) is 22.2 Å². The second-order valence-corrected chi connectivity index (χ2v) is 8.57. The topological polar surface area (TPSA) is 129 Å². The first-order chi connectivity index (χ1) is 16.0. The lowest BCUT2D eigenvalue weighted by Crippen LogP contribution is -2.34. The van der Waals surface area contributed by atoms with Gasteiger partial charge in [0, 0.05) is 30.2 Å². The average molecular weight is 452 g/mol. The van der Waals surface area contributed by atoms with Gasteiger partial charge >= 0.3 is 6.09 Å². The molecule has 9 nitrogen and oxygen atoms in total. The zero-order chi connectivity index (χ0) is 23.2. The van der Waals surface area contributed by atoms with Crippen molar-refractivity contribution in [2.24, 2.45) is 11.8 Å². The Hall–Kier alpha value is -3.46. The van der Waals surface area contributed by atoms with E-state index in [1.165, 1.54) is 0 Å². The number of amides is 2. The van der Waals surface area contributed by atoms with E-state index in [0.29, 0.717) is 42.7 Å². The molecule has 2 heterocycles. The van der Waals surface area contributed by atoms with Crippen LogP contribution in [0.15, 0.2) is 42.7 Å². The molecular weight excluding hydrogens is 422 g/mol. The van der Waals surface area contributed by atoms with Gasteiger partial charge in [-0.15, -0.1) is 0 Å². The maximum atomic E-state index is 13.2. The summed E-state index contributed by atoms with van der Waals surface area (Å²) < 4.78 is 1.65. The summed E-state index contributed by atoms with van der Waals surface area (Å²) in [4.78, 5) is 28.6. The summed E-state index contributed by atoms with van der Waals surface area (Å²) >= 11 is 0. The van der Waals surface area contributed by atoms with E-state index in [2.05, 4.69) is 15.7 Å². The molecule has 0 unspecified atom stereocenters. The maximum absolute atomic E-state index is 13.2. The third kappa shape index (κ3) is 5.67. The zero-order valence-corrected chi connectivity index (χ0v) is 18.4. The van der Waals surface area contributed by atoms with Crippen LogP contribution in [0.4, 0.5) is 4.79 Å². The molecule has 0 bridgehead atoms. The van der Waals surface area contributed by atoms with Gasteiger partial charge in [0.05, 0.1) is 36.1 Å². The lowest BCUT2D eigenvalue weighted by atomic mass is 9.82. The first-order valence-electron chi connectivity index (χ1n) is 11.3. The number of hydrogen-bond acceptors (Lipinski definition) is 5. The summed E-state index contributed by atoms with van der Waals surface area (Å²) in [6.07, 6.45) is 6.38. The largest absolute Gasteiger partial charge is 0.465 e. The first kappa shape index (κ1) is 22.7. The molecule has 1 aliphatic carbocycles. The Morgan fingerprint density at radius 2 is 1.76 bits per heavy atom. The van der Waals surface area contributed by atoms with E-state index in [0.717, 1.165) is 42.1 Å². The molecule has 33 heavy (non-hydrogen) atoms. The fourth-order valence-electron chi connectivity index (χ4n) is 4.44. The van der Waals surface area contributed by atoms with Gasteiger partial charge in [0.15, 0.2) is 0 Å². The van der Waals surface area contributed by atoms with Crippen molar-refractivity contribution in [1.82, 2.24) is 25.4 Å². The highest BCUT2D eigenvalue weighted by Gasteiger charge is 2.23. The van der Waals surface area contributed by atoms with Crippen molar-refractivity contribution in [3.8, 4) is 11.3 Å². The van der Waals surface area contributed by atoms with E-state index in [9.17, 15) is 9.59 Å². The van der Waals surface area contributed by atoms with Gasteiger partial charge in [0.2, 0.25) is 0 Å². The number of carbonyl (C=O) groups is 2.